The van der Waals surface area contributed by atoms with E-state index in [1.807, 2.05) is 0 Å². The summed E-state index contributed by atoms with van der Waals surface area (Å²) in [5.74, 6) is -3.70. The normalized spacial score (nSPS) is 12.9. The second-order valence-corrected chi connectivity index (χ2v) is 6.77. The number of hydrogen-bond donors (Lipinski definition) is 3. The molecule has 0 heterocycles. The van der Waals surface area contributed by atoms with Crippen LogP contribution in [0.25, 0.3) is 0 Å². The standard InChI is InChI=1S/C22H12F3NO5/c23-22(24,25)13-5-1-2-6-14(13)26-21(31)10-8-12-18(16(28)9-10)20(30)17-11(19(12)29)4-3-7-15(17)27/h1-9,27-28H,(H,26,31). The van der Waals surface area contributed by atoms with Crippen molar-refractivity contribution < 1.29 is 37.8 Å². The predicted molar refractivity (Wildman–Crippen MR) is 102 cm³/mol. The van der Waals surface area contributed by atoms with E-state index in [1.165, 1.54) is 30.3 Å². The number of carbonyl (C=O) groups is 3. The van der Waals surface area contributed by atoms with Crippen LogP contribution < -0.4 is 5.32 Å². The van der Waals surface area contributed by atoms with E-state index < -0.39 is 52.0 Å². The fourth-order valence-electron chi connectivity index (χ4n) is 3.45. The summed E-state index contributed by atoms with van der Waals surface area (Å²) in [6.45, 7) is 0. The van der Waals surface area contributed by atoms with E-state index in [0.29, 0.717) is 0 Å². The smallest absolute Gasteiger partial charge is 0.418 e. The quantitative estimate of drug-likeness (QED) is 0.446. The number of ketones is 2. The van der Waals surface area contributed by atoms with Crippen molar-refractivity contribution in [2.75, 3.05) is 5.32 Å². The topological polar surface area (TPSA) is 104 Å². The second-order valence-electron chi connectivity index (χ2n) is 6.77. The molecule has 0 aliphatic heterocycles. The predicted octanol–water partition coefficient (Wildman–Crippen LogP) is 4.14. The van der Waals surface area contributed by atoms with Crippen molar-refractivity contribution in [1.82, 2.24) is 0 Å². The maximum absolute atomic E-state index is 13.2. The molecule has 1 aliphatic carbocycles. The molecular weight excluding hydrogens is 415 g/mol. The number of phenolic OH excluding ortho intramolecular Hbond substituents is 2. The third-order valence-electron chi connectivity index (χ3n) is 4.85. The van der Waals surface area contributed by atoms with Crippen LogP contribution in [0.2, 0.25) is 0 Å². The van der Waals surface area contributed by atoms with E-state index in [1.54, 1.807) is 0 Å². The van der Waals surface area contributed by atoms with Gasteiger partial charge in [-0.2, -0.15) is 13.2 Å². The van der Waals surface area contributed by atoms with Crippen molar-refractivity contribution in [3.05, 3.63) is 88.0 Å². The number of phenols is 2. The van der Waals surface area contributed by atoms with Crippen LogP contribution in [0.3, 0.4) is 0 Å². The molecule has 1 aliphatic rings. The molecule has 9 heteroatoms. The third-order valence-corrected chi connectivity index (χ3v) is 4.85. The molecule has 0 atom stereocenters. The highest BCUT2D eigenvalue weighted by Gasteiger charge is 2.36. The van der Waals surface area contributed by atoms with Gasteiger partial charge in [0.25, 0.3) is 5.91 Å². The number of amides is 1. The van der Waals surface area contributed by atoms with Gasteiger partial charge in [-0.05, 0) is 30.3 Å². The number of fused-ring (bicyclic) bond motifs is 2. The van der Waals surface area contributed by atoms with Gasteiger partial charge in [0.05, 0.1) is 22.4 Å². The number of benzene rings is 3. The summed E-state index contributed by atoms with van der Waals surface area (Å²) < 4.78 is 39.5. The number of halogens is 3. The Kier molecular flexibility index (Phi) is 4.53. The van der Waals surface area contributed by atoms with E-state index in [2.05, 4.69) is 5.32 Å². The van der Waals surface area contributed by atoms with E-state index in [4.69, 9.17) is 0 Å². The number of para-hydroxylation sites is 1. The second kappa shape index (κ2) is 6.98. The lowest BCUT2D eigenvalue weighted by atomic mass is 9.82. The Morgan fingerprint density at radius 2 is 1.48 bits per heavy atom. The molecule has 0 spiro atoms. The van der Waals surface area contributed by atoms with E-state index >= 15 is 0 Å². The van der Waals surface area contributed by atoms with Crippen molar-refractivity contribution in [2.24, 2.45) is 0 Å². The van der Waals surface area contributed by atoms with Crippen LogP contribution in [0, 0.1) is 0 Å². The average Bonchev–Trinajstić information content (AvgIpc) is 2.71. The largest absolute Gasteiger partial charge is 0.507 e. The van der Waals surface area contributed by atoms with E-state index in [0.717, 1.165) is 24.3 Å². The van der Waals surface area contributed by atoms with E-state index in [9.17, 15) is 37.8 Å². The highest BCUT2D eigenvalue weighted by Crippen LogP contribution is 2.38. The zero-order chi connectivity index (χ0) is 22.5. The molecule has 0 unspecified atom stereocenters. The van der Waals surface area contributed by atoms with Gasteiger partial charge in [0.2, 0.25) is 5.78 Å². The molecule has 6 nitrogen and oxygen atoms in total. The molecular formula is C22H12F3NO5. The SMILES string of the molecule is O=C(Nc1ccccc1C(F)(F)F)c1cc(O)c2c(c1)C(=O)c1cccc(O)c1C2=O. The van der Waals surface area contributed by atoms with Gasteiger partial charge in [0.1, 0.15) is 11.5 Å². The van der Waals surface area contributed by atoms with Crippen LogP contribution in [0.4, 0.5) is 18.9 Å². The number of hydrogen-bond acceptors (Lipinski definition) is 5. The number of carbonyl (C=O) groups excluding carboxylic acids is 3. The first kappa shape index (κ1) is 20.1. The van der Waals surface area contributed by atoms with Gasteiger partial charge in [-0.3, -0.25) is 14.4 Å². The van der Waals surface area contributed by atoms with Gasteiger partial charge in [0.15, 0.2) is 5.78 Å². The number of alkyl halides is 3. The summed E-state index contributed by atoms with van der Waals surface area (Å²) in [4.78, 5) is 38.1. The molecule has 31 heavy (non-hydrogen) atoms. The zero-order valence-electron chi connectivity index (χ0n) is 15.4. The Labute approximate surface area is 172 Å². The molecule has 3 N–H and O–H groups in total. The minimum atomic E-state index is -4.71. The number of nitrogens with one attached hydrogen (secondary N) is 1. The first-order valence-electron chi connectivity index (χ1n) is 8.85. The average molecular weight is 427 g/mol. The molecule has 4 rings (SSSR count). The van der Waals surface area contributed by atoms with Gasteiger partial charge < -0.3 is 15.5 Å². The first-order chi connectivity index (χ1) is 14.6. The van der Waals surface area contributed by atoms with Crippen LogP contribution in [-0.2, 0) is 6.18 Å². The summed E-state index contributed by atoms with van der Waals surface area (Å²) in [7, 11) is 0. The van der Waals surface area contributed by atoms with Crippen LogP contribution in [-0.4, -0.2) is 27.7 Å². The molecule has 0 saturated carbocycles. The van der Waals surface area contributed by atoms with Gasteiger partial charge >= 0.3 is 6.18 Å². The molecule has 1 amide bonds. The number of anilines is 1. The van der Waals surface area contributed by atoms with Gasteiger partial charge in [-0.1, -0.05) is 24.3 Å². The lowest BCUT2D eigenvalue weighted by Gasteiger charge is -2.20. The highest BCUT2D eigenvalue weighted by atomic mass is 19.4. The van der Waals surface area contributed by atoms with Crippen LogP contribution in [0.1, 0.15) is 47.8 Å². The van der Waals surface area contributed by atoms with Crippen molar-refractivity contribution in [3.63, 3.8) is 0 Å². The lowest BCUT2D eigenvalue weighted by Crippen LogP contribution is -2.23. The summed E-state index contributed by atoms with van der Waals surface area (Å²) in [6.07, 6.45) is -4.71. The molecule has 0 fully saturated rings. The maximum atomic E-state index is 13.2. The zero-order valence-corrected chi connectivity index (χ0v) is 15.4. The minimum absolute atomic E-state index is 0.114. The monoisotopic (exact) mass is 427 g/mol. The summed E-state index contributed by atoms with van der Waals surface area (Å²) in [5, 5.41) is 22.4. The fraction of sp³-hybridized carbons (Fsp3) is 0.0455. The molecule has 3 aromatic carbocycles. The van der Waals surface area contributed by atoms with E-state index in [-0.39, 0.29) is 22.3 Å². The van der Waals surface area contributed by atoms with Crippen molar-refractivity contribution in [1.29, 1.82) is 0 Å². The highest BCUT2D eigenvalue weighted by molar-refractivity contribution is 6.30. The third kappa shape index (κ3) is 3.29. The van der Waals surface area contributed by atoms with Crippen LogP contribution in [0.15, 0.2) is 54.6 Å². The molecule has 0 saturated heterocycles. The summed E-state index contributed by atoms with van der Waals surface area (Å²) in [5.41, 5.74) is -2.97. The minimum Gasteiger partial charge on any atom is -0.507 e. The molecule has 3 aromatic rings. The number of rotatable bonds is 2. The van der Waals surface area contributed by atoms with Gasteiger partial charge in [-0.15, -0.1) is 0 Å². The Morgan fingerprint density at radius 3 is 2.19 bits per heavy atom. The molecule has 0 aromatic heterocycles. The van der Waals surface area contributed by atoms with Crippen molar-refractivity contribution >= 4 is 23.2 Å². The summed E-state index contributed by atoms with van der Waals surface area (Å²) in [6, 6.07) is 10.1. The van der Waals surface area contributed by atoms with Crippen molar-refractivity contribution in [3.8, 4) is 11.5 Å². The Bertz CT molecular complexity index is 1280. The lowest BCUT2D eigenvalue weighted by molar-refractivity contribution is -0.136. The Balaban J connectivity index is 1.76. The van der Waals surface area contributed by atoms with Crippen molar-refractivity contribution in [2.45, 2.75) is 6.18 Å². The first-order valence-corrected chi connectivity index (χ1v) is 8.85. The van der Waals surface area contributed by atoms with Crippen LogP contribution >= 0.6 is 0 Å². The van der Waals surface area contributed by atoms with Gasteiger partial charge in [-0.25, -0.2) is 0 Å². The Morgan fingerprint density at radius 1 is 0.806 bits per heavy atom. The fourth-order valence-corrected chi connectivity index (χ4v) is 3.45. The molecule has 0 bridgehead atoms. The summed E-state index contributed by atoms with van der Waals surface area (Å²) >= 11 is 0. The molecule has 156 valence electrons. The van der Waals surface area contributed by atoms with Crippen LogP contribution in [0.5, 0.6) is 11.5 Å². The molecule has 0 radical (unpaired) electrons. The van der Waals surface area contributed by atoms with Gasteiger partial charge in [0, 0.05) is 16.7 Å². The maximum Gasteiger partial charge on any atom is 0.418 e. The number of aromatic hydroxyl groups is 2. The Hall–Kier alpha value is -4.14.